The first-order chi connectivity index (χ1) is 6.20. The SMILES string of the molecule is Nc1ccc2c(Br)cccc2c1N. The van der Waals surface area contributed by atoms with E-state index in [1.165, 1.54) is 0 Å². The molecule has 0 saturated carbocycles. The van der Waals surface area contributed by atoms with Gasteiger partial charge in [-0.1, -0.05) is 34.1 Å². The molecule has 0 fully saturated rings. The first-order valence-corrected chi connectivity index (χ1v) is 4.71. The lowest BCUT2D eigenvalue weighted by Crippen LogP contribution is -1.95. The van der Waals surface area contributed by atoms with Crippen LogP contribution in [-0.4, -0.2) is 0 Å². The van der Waals surface area contributed by atoms with Crippen LogP contribution in [0, 0.1) is 0 Å². The van der Waals surface area contributed by atoms with Crippen molar-refractivity contribution in [3.8, 4) is 0 Å². The Labute approximate surface area is 84.7 Å². The predicted octanol–water partition coefficient (Wildman–Crippen LogP) is 2.77. The molecule has 0 aliphatic carbocycles. The molecule has 0 unspecified atom stereocenters. The van der Waals surface area contributed by atoms with E-state index in [1.54, 1.807) is 0 Å². The molecule has 0 bridgehead atoms. The van der Waals surface area contributed by atoms with Gasteiger partial charge >= 0.3 is 0 Å². The topological polar surface area (TPSA) is 52.0 Å². The molecule has 0 aliphatic heterocycles. The van der Waals surface area contributed by atoms with E-state index in [9.17, 15) is 0 Å². The molecule has 0 heterocycles. The Bertz CT molecular complexity index is 466. The monoisotopic (exact) mass is 236 g/mol. The van der Waals surface area contributed by atoms with Crippen LogP contribution in [0.2, 0.25) is 0 Å². The van der Waals surface area contributed by atoms with Crippen LogP contribution in [0.3, 0.4) is 0 Å². The molecule has 0 aliphatic rings. The third kappa shape index (κ3) is 1.25. The normalized spacial score (nSPS) is 10.5. The van der Waals surface area contributed by atoms with Gasteiger partial charge in [0.05, 0.1) is 11.4 Å². The Morgan fingerprint density at radius 1 is 0.923 bits per heavy atom. The Kier molecular flexibility index (Phi) is 1.88. The van der Waals surface area contributed by atoms with Crippen molar-refractivity contribution in [1.29, 1.82) is 0 Å². The lowest BCUT2D eigenvalue weighted by molar-refractivity contribution is 1.68. The smallest absolute Gasteiger partial charge is 0.0627 e. The van der Waals surface area contributed by atoms with Crippen LogP contribution in [0.1, 0.15) is 0 Å². The summed E-state index contributed by atoms with van der Waals surface area (Å²) in [7, 11) is 0. The fraction of sp³-hybridized carbons (Fsp3) is 0. The van der Waals surface area contributed by atoms with Crippen LogP contribution in [0.4, 0.5) is 11.4 Å². The molecule has 2 aromatic carbocycles. The minimum absolute atomic E-state index is 0.630. The third-order valence-corrected chi connectivity index (χ3v) is 2.78. The van der Waals surface area contributed by atoms with Crippen LogP contribution in [0.25, 0.3) is 10.8 Å². The lowest BCUT2D eigenvalue weighted by Gasteiger charge is -2.05. The molecule has 0 radical (unpaired) electrons. The number of nitrogen functional groups attached to an aromatic ring is 2. The van der Waals surface area contributed by atoms with E-state index in [0.29, 0.717) is 11.4 Å². The zero-order valence-corrected chi connectivity index (χ0v) is 8.51. The summed E-state index contributed by atoms with van der Waals surface area (Å²) in [6, 6.07) is 9.68. The molecule has 0 atom stereocenters. The summed E-state index contributed by atoms with van der Waals surface area (Å²) in [6.45, 7) is 0. The highest BCUT2D eigenvalue weighted by molar-refractivity contribution is 9.10. The number of rotatable bonds is 0. The van der Waals surface area contributed by atoms with Gasteiger partial charge in [0.25, 0.3) is 0 Å². The van der Waals surface area contributed by atoms with Crippen molar-refractivity contribution in [2.24, 2.45) is 0 Å². The van der Waals surface area contributed by atoms with Gasteiger partial charge in [-0.2, -0.15) is 0 Å². The van der Waals surface area contributed by atoms with E-state index in [1.807, 2.05) is 30.3 Å². The van der Waals surface area contributed by atoms with Crippen LogP contribution in [0.5, 0.6) is 0 Å². The summed E-state index contributed by atoms with van der Waals surface area (Å²) < 4.78 is 1.04. The van der Waals surface area contributed by atoms with Crippen LogP contribution < -0.4 is 11.5 Å². The van der Waals surface area contributed by atoms with Crippen molar-refractivity contribution >= 4 is 38.1 Å². The second-order valence-electron chi connectivity index (χ2n) is 2.90. The Morgan fingerprint density at radius 2 is 1.69 bits per heavy atom. The summed E-state index contributed by atoms with van der Waals surface area (Å²) in [4.78, 5) is 0. The van der Waals surface area contributed by atoms with E-state index < -0.39 is 0 Å². The van der Waals surface area contributed by atoms with Gasteiger partial charge in [-0.25, -0.2) is 0 Å². The molecule has 0 aromatic heterocycles. The van der Waals surface area contributed by atoms with Crippen LogP contribution >= 0.6 is 15.9 Å². The molecule has 3 heteroatoms. The molecule has 4 N–H and O–H groups in total. The van der Waals surface area contributed by atoms with Gasteiger partial charge in [0.2, 0.25) is 0 Å². The minimum Gasteiger partial charge on any atom is -0.397 e. The lowest BCUT2D eigenvalue weighted by atomic mass is 10.1. The number of nitrogens with two attached hydrogens (primary N) is 2. The third-order valence-electron chi connectivity index (χ3n) is 2.08. The first kappa shape index (κ1) is 8.38. The van der Waals surface area contributed by atoms with E-state index in [2.05, 4.69) is 15.9 Å². The second-order valence-corrected chi connectivity index (χ2v) is 3.76. The zero-order valence-electron chi connectivity index (χ0n) is 6.92. The highest BCUT2D eigenvalue weighted by atomic mass is 79.9. The summed E-state index contributed by atoms with van der Waals surface area (Å²) in [5.74, 6) is 0. The molecule has 2 aromatic rings. The summed E-state index contributed by atoms with van der Waals surface area (Å²) in [5.41, 5.74) is 12.8. The molecular weight excluding hydrogens is 228 g/mol. The van der Waals surface area contributed by atoms with E-state index in [4.69, 9.17) is 11.5 Å². The molecule has 2 nitrogen and oxygen atoms in total. The highest BCUT2D eigenvalue weighted by Gasteiger charge is 2.02. The maximum Gasteiger partial charge on any atom is 0.0627 e. The number of halogens is 1. The average Bonchev–Trinajstić information content (AvgIpc) is 2.12. The van der Waals surface area contributed by atoms with E-state index in [-0.39, 0.29) is 0 Å². The van der Waals surface area contributed by atoms with Crippen molar-refractivity contribution < 1.29 is 0 Å². The maximum absolute atomic E-state index is 5.84. The Balaban J connectivity index is 2.94. The van der Waals surface area contributed by atoms with Gasteiger partial charge < -0.3 is 11.5 Å². The van der Waals surface area contributed by atoms with E-state index >= 15 is 0 Å². The van der Waals surface area contributed by atoms with Gasteiger partial charge in [-0.15, -0.1) is 0 Å². The van der Waals surface area contributed by atoms with Gasteiger partial charge in [-0.05, 0) is 17.5 Å². The maximum atomic E-state index is 5.84. The fourth-order valence-electron chi connectivity index (χ4n) is 1.36. The molecule has 13 heavy (non-hydrogen) atoms. The Morgan fingerprint density at radius 3 is 2.46 bits per heavy atom. The van der Waals surface area contributed by atoms with Crippen molar-refractivity contribution in [3.05, 3.63) is 34.8 Å². The van der Waals surface area contributed by atoms with Gasteiger partial charge in [0.1, 0.15) is 0 Å². The van der Waals surface area contributed by atoms with Crippen LogP contribution in [-0.2, 0) is 0 Å². The molecule has 0 saturated heterocycles. The molecule has 0 spiro atoms. The number of benzene rings is 2. The predicted molar refractivity (Wildman–Crippen MR) is 60.5 cm³/mol. The average molecular weight is 237 g/mol. The largest absolute Gasteiger partial charge is 0.397 e. The number of fused-ring (bicyclic) bond motifs is 1. The fourth-order valence-corrected chi connectivity index (χ4v) is 1.86. The van der Waals surface area contributed by atoms with Crippen molar-refractivity contribution in [2.45, 2.75) is 0 Å². The van der Waals surface area contributed by atoms with Gasteiger partial charge in [0, 0.05) is 9.86 Å². The number of anilines is 2. The van der Waals surface area contributed by atoms with Crippen molar-refractivity contribution in [2.75, 3.05) is 11.5 Å². The summed E-state index contributed by atoms with van der Waals surface area (Å²) in [5, 5.41) is 2.09. The standard InChI is InChI=1S/C10H9BrN2/c11-8-3-1-2-7-6(8)4-5-9(12)10(7)13/h1-5H,12-13H2. The first-order valence-electron chi connectivity index (χ1n) is 3.92. The quantitative estimate of drug-likeness (QED) is 0.692. The van der Waals surface area contributed by atoms with Gasteiger partial charge in [0.15, 0.2) is 0 Å². The molecule has 2 rings (SSSR count). The summed E-state index contributed by atoms with van der Waals surface area (Å²) in [6.07, 6.45) is 0. The number of hydrogen-bond acceptors (Lipinski definition) is 2. The molecule has 66 valence electrons. The highest BCUT2D eigenvalue weighted by Crippen LogP contribution is 2.31. The van der Waals surface area contributed by atoms with Crippen LogP contribution in [0.15, 0.2) is 34.8 Å². The summed E-state index contributed by atoms with van der Waals surface area (Å²) >= 11 is 3.46. The molecule has 0 amide bonds. The van der Waals surface area contributed by atoms with Gasteiger partial charge in [-0.3, -0.25) is 0 Å². The van der Waals surface area contributed by atoms with Crippen molar-refractivity contribution in [1.82, 2.24) is 0 Å². The number of hydrogen-bond donors (Lipinski definition) is 2. The minimum atomic E-state index is 0.630. The van der Waals surface area contributed by atoms with E-state index in [0.717, 1.165) is 15.2 Å². The van der Waals surface area contributed by atoms with Crippen molar-refractivity contribution in [3.63, 3.8) is 0 Å². The molecular formula is C10H9BrN2. The second kappa shape index (κ2) is 2.92. The Hall–Kier alpha value is -1.22. The zero-order chi connectivity index (χ0) is 9.42.